The topological polar surface area (TPSA) is 55.8 Å². The molecular formula is C22H29N3O2. The fourth-order valence-corrected chi connectivity index (χ4v) is 3.70. The third-order valence-electron chi connectivity index (χ3n) is 5.06. The molecule has 2 aromatic rings. The number of anilines is 1. The Bertz CT molecular complexity index is 718. The standard InChI is InChI=1S/C22H29N3O2/c1-18(27)23-21-9-7-20(8-10-21)15-24-12-13-25(22(17-24)11-14-26)16-19-5-3-2-4-6-19/h2-10,22,26H,11-17H2,1H3,(H,23,27)/t22-/m0/s1. The number of aliphatic hydroxyl groups is 1. The number of aliphatic hydroxyl groups excluding tert-OH is 1. The summed E-state index contributed by atoms with van der Waals surface area (Å²) in [5.41, 5.74) is 3.39. The zero-order valence-electron chi connectivity index (χ0n) is 16.0. The van der Waals surface area contributed by atoms with E-state index in [1.165, 1.54) is 18.1 Å². The van der Waals surface area contributed by atoms with E-state index in [-0.39, 0.29) is 12.5 Å². The van der Waals surface area contributed by atoms with Gasteiger partial charge < -0.3 is 10.4 Å². The first-order chi connectivity index (χ1) is 13.1. The number of benzene rings is 2. The van der Waals surface area contributed by atoms with E-state index in [0.717, 1.165) is 44.8 Å². The van der Waals surface area contributed by atoms with Crippen molar-refractivity contribution in [1.82, 2.24) is 9.80 Å². The lowest BCUT2D eigenvalue weighted by Crippen LogP contribution is -2.52. The van der Waals surface area contributed by atoms with Crippen LogP contribution >= 0.6 is 0 Å². The van der Waals surface area contributed by atoms with Crippen molar-refractivity contribution < 1.29 is 9.90 Å². The lowest BCUT2D eigenvalue weighted by molar-refractivity contribution is -0.114. The van der Waals surface area contributed by atoms with Crippen LogP contribution in [0.3, 0.4) is 0 Å². The minimum Gasteiger partial charge on any atom is -0.396 e. The van der Waals surface area contributed by atoms with E-state index in [1.54, 1.807) is 0 Å². The van der Waals surface area contributed by atoms with Gasteiger partial charge in [0, 0.05) is 58.0 Å². The molecule has 0 unspecified atom stereocenters. The summed E-state index contributed by atoms with van der Waals surface area (Å²) in [7, 11) is 0. The largest absolute Gasteiger partial charge is 0.396 e. The molecule has 1 aliphatic rings. The van der Waals surface area contributed by atoms with Crippen LogP contribution in [-0.2, 0) is 17.9 Å². The molecule has 5 heteroatoms. The molecule has 0 aliphatic carbocycles. The van der Waals surface area contributed by atoms with Gasteiger partial charge >= 0.3 is 0 Å². The molecule has 2 aromatic carbocycles. The molecular weight excluding hydrogens is 338 g/mol. The second-order valence-corrected chi connectivity index (χ2v) is 7.24. The van der Waals surface area contributed by atoms with E-state index in [1.807, 2.05) is 18.2 Å². The lowest BCUT2D eigenvalue weighted by Gasteiger charge is -2.41. The van der Waals surface area contributed by atoms with Crippen LogP contribution in [0.5, 0.6) is 0 Å². The van der Waals surface area contributed by atoms with Crippen molar-refractivity contribution in [3.8, 4) is 0 Å². The van der Waals surface area contributed by atoms with E-state index in [2.05, 4.69) is 51.5 Å². The highest BCUT2D eigenvalue weighted by molar-refractivity contribution is 5.88. The van der Waals surface area contributed by atoms with Crippen molar-refractivity contribution in [3.63, 3.8) is 0 Å². The summed E-state index contributed by atoms with van der Waals surface area (Å²) < 4.78 is 0. The molecule has 0 spiro atoms. The Morgan fingerprint density at radius 1 is 1.04 bits per heavy atom. The molecule has 1 amide bonds. The molecule has 0 saturated carbocycles. The zero-order chi connectivity index (χ0) is 19.1. The highest BCUT2D eigenvalue weighted by Crippen LogP contribution is 2.19. The second kappa shape index (κ2) is 9.65. The third-order valence-corrected chi connectivity index (χ3v) is 5.06. The van der Waals surface area contributed by atoms with E-state index in [4.69, 9.17) is 0 Å². The molecule has 1 saturated heterocycles. The third kappa shape index (κ3) is 5.89. The summed E-state index contributed by atoms with van der Waals surface area (Å²) in [5, 5.41) is 12.3. The monoisotopic (exact) mass is 367 g/mol. The summed E-state index contributed by atoms with van der Waals surface area (Å²) in [6, 6.07) is 18.9. The van der Waals surface area contributed by atoms with Gasteiger partial charge in [0.2, 0.25) is 5.91 Å². The van der Waals surface area contributed by atoms with Crippen LogP contribution in [0.1, 0.15) is 24.5 Å². The smallest absolute Gasteiger partial charge is 0.221 e. The van der Waals surface area contributed by atoms with E-state index < -0.39 is 0 Å². The van der Waals surface area contributed by atoms with E-state index in [9.17, 15) is 9.90 Å². The first-order valence-corrected chi connectivity index (χ1v) is 9.62. The molecule has 144 valence electrons. The maximum Gasteiger partial charge on any atom is 0.221 e. The van der Waals surface area contributed by atoms with Gasteiger partial charge in [0.25, 0.3) is 0 Å². The summed E-state index contributed by atoms with van der Waals surface area (Å²) >= 11 is 0. The molecule has 27 heavy (non-hydrogen) atoms. The first-order valence-electron chi connectivity index (χ1n) is 9.62. The van der Waals surface area contributed by atoms with Gasteiger partial charge in [-0.2, -0.15) is 0 Å². The van der Waals surface area contributed by atoms with Crippen LogP contribution < -0.4 is 5.32 Å². The fraction of sp³-hybridized carbons (Fsp3) is 0.409. The molecule has 3 rings (SSSR count). The van der Waals surface area contributed by atoms with Crippen LogP contribution in [0.4, 0.5) is 5.69 Å². The lowest BCUT2D eigenvalue weighted by atomic mass is 10.1. The van der Waals surface area contributed by atoms with Crippen LogP contribution in [0.15, 0.2) is 54.6 Å². The van der Waals surface area contributed by atoms with Crippen molar-refractivity contribution in [2.45, 2.75) is 32.5 Å². The number of piperazine rings is 1. The van der Waals surface area contributed by atoms with Crippen molar-refractivity contribution in [3.05, 3.63) is 65.7 Å². The number of nitrogens with one attached hydrogen (secondary N) is 1. The van der Waals surface area contributed by atoms with Gasteiger partial charge in [-0.25, -0.2) is 0 Å². The molecule has 5 nitrogen and oxygen atoms in total. The van der Waals surface area contributed by atoms with Gasteiger partial charge in [0.05, 0.1) is 0 Å². The minimum absolute atomic E-state index is 0.0517. The quantitative estimate of drug-likeness (QED) is 0.790. The van der Waals surface area contributed by atoms with Gasteiger partial charge in [-0.1, -0.05) is 42.5 Å². The van der Waals surface area contributed by atoms with Crippen molar-refractivity contribution in [1.29, 1.82) is 0 Å². The summed E-state index contributed by atoms with van der Waals surface area (Å²) in [4.78, 5) is 16.1. The Labute approximate surface area is 161 Å². The summed E-state index contributed by atoms with van der Waals surface area (Å²) in [6.07, 6.45) is 0.796. The van der Waals surface area contributed by atoms with Crippen molar-refractivity contribution >= 4 is 11.6 Å². The average Bonchev–Trinajstić information content (AvgIpc) is 2.66. The van der Waals surface area contributed by atoms with Gasteiger partial charge in [-0.3, -0.25) is 14.6 Å². The average molecular weight is 367 g/mol. The molecule has 0 radical (unpaired) electrons. The van der Waals surface area contributed by atoms with Gasteiger partial charge in [0.15, 0.2) is 0 Å². The number of amides is 1. The number of carbonyl (C=O) groups excluding carboxylic acids is 1. The maximum atomic E-state index is 11.1. The fourth-order valence-electron chi connectivity index (χ4n) is 3.70. The normalized spacial score (nSPS) is 18.4. The highest BCUT2D eigenvalue weighted by Gasteiger charge is 2.26. The number of hydrogen-bond donors (Lipinski definition) is 2. The predicted molar refractivity (Wildman–Crippen MR) is 108 cm³/mol. The van der Waals surface area contributed by atoms with Crippen LogP contribution in [0, 0.1) is 0 Å². The Morgan fingerprint density at radius 2 is 1.74 bits per heavy atom. The molecule has 0 bridgehead atoms. The summed E-state index contributed by atoms with van der Waals surface area (Å²) in [5.74, 6) is -0.0517. The molecule has 1 atom stereocenters. The minimum atomic E-state index is -0.0517. The second-order valence-electron chi connectivity index (χ2n) is 7.24. The molecule has 0 aromatic heterocycles. The zero-order valence-corrected chi connectivity index (χ0v) is 16.0. The van der Waals surface area contributed by atoms with Gasteiger partial charge in [0.1, 0.15) is 0 Å². The number of hydrogen-bond acceptors (Lipinski definition) is 4. The van der Waals surface area contributed by atoms with Gasteiger partial charge in [-0.05, 0) is 29.7 Å². The SMILES string of the molecule is CC(=O)Nc1ccc(CN2CCN(Cc3ccccc3)[C@@H](CCO)C2)cc1. The van der Waals surface area contributed by atoms with Crippen LogP contribution in [0.25, 0.3) is 0 Å². The van der Waals surface area contributed by atoms with E-state index >= 15 is 0 Å². The Hall–Kier alpha value is -2.21. The van der Waals surface area contributed by atoms with Crippen molar-refractivity contribution in [2.24, 2.45) is 0 Å². The highest BCUT2D eigenvalue weighted by atomic mass is 16.3. The first kappa shape index (κ1) is 19.5. The predicted octanol–water partition coefficient (Wildman–Crippen LogP) is 2.71. The van der Waals surface area contributed by atoms with Gasteiger partial charge in [-0.15, -0.1) is 0 Å². The van der Waals surface area contributed by atoms with Crippen LogP contribution in [-0.4, -0.2) is 53.1 Å². The molecule has 2 N–H and O–H groups in total. The number of rotatable bonds is 7. The Morgan fingerprint density at radius 3 is 2.41 bits per heavy atom. The van der Waals surface area contributed by atoms with Crippen LogP contribution in [0.2, 0.25) is 0 Å². The number of carbonyl (C=O) groups is 1. The van der Waals surface area contributed by atoms with Crippen molar-refractivity contribution in [2.75, 3.05) is 31.6 Å². The molecule has 1 aliphatic heterocycles. The maximum absolute atomic E-state index is 11.1. The molecule has 1 fully saturated rings. The molecule has 1 heterocycles. The Balaban J connectivity index is 1.58. The van der Waals surface area contributed by atoms with E-state index in [0.29, 0.717) is 6.04 Å². The Kier molecular flexibility index (Phi) is 6.98. The number of nitrogens with zero attached hydrogens (tertiary/aromatic N) is 2. The summed E-state index contributed by atoms with van der Waals surface area (Å²) in [6.45, 7) is 6.54.